The van der Waals surface area contributed by atoms with Gasteiger partial charge in [0.15, 0.2) is 0 Å². The number of hydrogen-bond acceptors (Lipinski definition) is 3. The van der Waals surface area contributed by atoms with Gasteiger partial charge in [0.05, 0.1) is 4.90 Å². The maximum atomic E-state index is 11.9. The Labute approximate surface area is 110 Å². The van der Waals surface area contributed by atoms with Gasteiger partial charge in [0.25, 0.3) is 0 Å². The Bertz CT molecular complexity index is 478. The van der Waals surface area contributed by atoms with Gasteiger partial charge in [-0.05, 0) is 37.1 Å². The molecule has 102 valence electrons. The Morgan fingerprint density at radius 2 is 1.56 bits per heavy atom. The third-order valence-corrected chi connectivity index (χ3v) is 4.86. The van der Waals surface area contributed by atoms with Crippen LogP contribution in [0, 0.1) is 5.92 Å². The summed E-state index contributed by atoms with van der Waals surface area (Å²) in [5, 5.41) is 3.34. The lowest BCUT2D eigenvalue weighted by Crippen LogP contribution is -2.23. The van der Waals surface area contributed by atoms with Crippen LogP contribution in [0.1, 0.15) is 20.8 Å². The average molecular weight is 270 g/mol. The third-order valence-electron chi connectivity index (χ3n) is 3.03. The lowest BCUT2D eigenvalue weighted by molar-refractivity contribution is 0.520. The van der Waals surface area contributed by atoms with Crippen molar-refractivity contribution in [2.75, 3.05) is 19.4 Å². The van der Waals surface area contributed by atoms with Crippen molar-refractivity contribution in [3.8, 4) is 0 Å². The maximum Gasteiger partial charge on any atom is 0.242 e. The van der Waals surface area contributed by atoms with Crippen LogP contribution in [-0.2, 0) is 10.0 Å². The Balaban J connectivity index is 2.88. The molecule has 0 bridgehead atoms. The van der Waals surface area contributed by atoms with Gasteiger partial charge in [0, 0.05) is 25.8 Å². The van der Waals surface area contributed by atoms with Crippen molar-refractivity contribution in [1.82, 2.24) is 4.31 Å². The number of nitrogens with one attached hydrogen (secondary N) is 1. The highest BCUT2D eigenvalue weighted by molar-refractivity contribution is 7.89. The first-order valence-electron chi connectivity index (χ1n) is 6.04. The lowest BCUT2D eigenvalue weighted by atomic mass is 10.1. The van der Waals surface area contributed by atoms with Crippen molar-refractivity contribution in [1.29, 1.82) is 0 Å². The predicted octanol–water partition coefficient (Wildman–Crippen LogP) is 2.39. The van der Waals surface area contributed by atoms with Crippen molar-refractivity contribution >= 4 is 15.7 Å². The molecule has 1 aromatic carbocycles. The number of sulfonamides is 1. The van der Waals surface area contributed by atoms with Crippen LogP contribution in [-0.4, -0.2) is 32.9 Å². The topological polar surface area (TPSA) is 49.4 Å². The van der Waals surface area contributed by atoms with Crippen molar-refractivity contribution in [2.24, 2.45) is 5.92 Å². The van der Waals surface area contributed by atoms with E-state index in [9.17, 15) is 8.42 Å². The fourth-order valence-electron chi connectivity index (χ4n) is 1.36. The first kappa shape index (κ1) is 15.0. The van der Waals surface area contributed by atoms with E-state index in [-0.39, 0.29) is 0 Å². The summed E-state index contributed by atoms with van der Waals surface area (Å²) in [5.41, 5.74) is 0.939. The molecule has 1 unspecified atom stereocenters. The molecule has 0 fully saturated rings. The van der Waals surface area contributed by atoms with Gasteiger partial charge in [-0.15, -0.1) is 0 Å². The summed E-state index contributed by atoms with van der Waals surface area (Å²) >= 11 is 0. The van der Waals surface area contributed by atoms with Crippen molar-refractivity contribution < 1.29 is 8.42 Å². The number of rotatable bonds is 5. The van der Waals surface area contributed by atoms with E-state index in [4.69, 9.17) is 0 Å². The molecule has 0 aliphatic carbocycles. The van der Waals surface area contributed by atoms with E-state index in [1.54, 1.807) is 24.3 Å². The van der Waals surface area contributed by atoms with E-state index in [0.717, 1.165) is 5.69 Å². The van der Waals surface area contributed by atoms with Crippen LogP contribution in [0.5, 0.6) is 0 Å². The Kier molecular flexibility index (Phi) is 4.76. The number of benzene rings is 1. The fraction of sp³-hybridized carbons (Fsp3) is 0.538. The van der Waals surface area contributed by atoms with E-state index < -0.39 is 10.0 Å². The van der Waals surface area contributed by atoms with Crippen molar-refractivity contribution in [2.45, 2.75) is 31.7 Å². The summed E-state index contributed by atoms with van der Waals surface area (Å²) in [5.74, 6) is 0.523. The van der Waals surface area contributed by atoms with E-state index in [2.05, 4.69) is 26.1 Å². The minimum absolute atomic E-state index is 0.315. The summed E-state index contributed by atoms with van der Waals surface area (Å²) in [4.78, 5) is 0.315. The second-order valence-corrected chi connectivity index (χ2v) is 7.14. The van der Waals surface area contributed by atoms with E-state index in [1.807, 2.05) is 0 Å². The van der Waals surface area contributed by atoms with Crippen LogP contribution < -0.4 is 5.32 Å². The molecule has 1 rings (SSSR count). The first-order chi connectivity index (χ1) is 8.25. The normalized spacial score (nSPS) is 13.9. The summed E-state index contributed by atoms with van der Waals surface area (Å²) < 4.78 is 25.0. The summed E-state index contributed by atoms with van der Waals surface area (Å²) in [6, 6.07) is 7.21. The zero-order valence-corrected chi connectivity index (χ0v) is 12.5. The largest absolute Gasteiger partial charge is 0.382 e. The van der Waals surface area contributed by atoms with Crippen LogP contribution in [0.4, 0.5) is 5.69 Å². The number of nitrogens with zero attached hydrogens (tertiary/aromatic N) is 1. The number of hydrogen-bond donors (Lipinski definition) is 1. The molecule has 0 aromatic heterocycles. The molecule has 1 aromatic rings. The maximum absolute atomic E-state index is 11.9. The average Bonchev–Trinajstić information content (AvgIpc) is 2.29. The highest BCUT2D eigenvalue weighted by atomic mass is 32.2. The number of anilines is 1. The Hall–Kier alpha value is -1.07. The lowest BCUT2D eigenvalue weighted by Gasteiger charge is -2.19. The summed E-state index contributed by atoms with van der Waals surface area (Å²) in [6.07, 6.45) is 0. The monoisotopic (exact) mass is 270 g/mol. The smallest absolute Gasteiger partial charge is 0.242 e. The molecule has 0 aliphatic heterocycles. The molecule has 0 saturated carbocycles. The van der Waals surface area contributed by atoms with Gasteiger partial charge in [-0.2, -0.15) is 0 Å². The second-order valence-electron chi connectivity index (χ2n) is 4.99. The van der Waals surface area contributed by atoms with Crippen molar-refractivity contribution in [3.05, 3.63) is 24.3 Å². The van der Waals surface area contributed by atoms with E-state index in [0.29, 0.717) is 16.9 Å². The van der Waals surface area contributed by atoms with E-state index >= 15 is 0 Å². The molecular weight excluding hydrogens is 248 g/mol. The quantitative estimate of drug-likeness (QED) is 0.893. The summed E-state index contributed by atoms with van der Waals surface area (Å²) in [7, 11) is -0.273. The van der Waals surface area contributed by atoms with Gasteiger partial charge in [0.1, 0.15) is 0 Å². The minimum atomic E-state index is -3.33. The minimum Gasteiger partial charge on any atom is -0.382 e. The zero-order chi connectivity index (χ0) is 13.9. The molecule has 0 aliphatic rings. The fourth-order valence-corrected chi connectivity index (χ4v) is 2.27. The van der Waals surface area contributed by atoms with Crippen LogP contribution >= 0.6 is 0 Å². The first-order valence-corrected chi connectivity index (χ1v) is 7.48. The van der Waals surface area contributed by atoms with Gasteiger partial charge in [-0.25, -0.2) is 12.7 Å². The Morgan fingerprint density at radius 1 is 1.06 bits per heavy atom. The molecule has 0 spiro atoms. The molecule has 0 radical (unpaired) electrons. The van der Waals surface area contributed by atoms with Gasteiger partial charge >= 0.3 is 0 Å². The van der Waals surface area contributed by atoms with Crippen LogP contribution in [0.15, 0.2) is 29.2 Å². The molecule has 1 N–H and O–H groups in total. The van der Waals surface area contributed by atoms with Crippen molar-refractivity contribution in [3.63, 3.8) is 0 Å². The molecular formula is C13H22N2O2S. The zero-order valence-electron chi connectivity index (χ0n) is 11.6. The highest BCUT2D eigenvalue weighted by Gasteiger charge is 2.16. The molecule has 4 nitrogen and oxygen atoms in total. The van der Waals surface area contributed by atoms with E-state index in [1.165, 1.54) is 18.4 Å². The molecule has 5 heteroatoms. The van der Waals surface area contributed by atoms with Crippen LogP contribution in [0.2, 0.25) is 0 Å². The standard InChI is InChI=1S/C13H22N2O2S/c1-10(2)11(3)14-12-6-8-13(9-7-12)18(16,17)15(4)5/h6-11,14H,1-5H3. The molecule has 1 atom stereocenters. The third kappa shape index (κ3) is 3.46. The Morgan fingerprint density at radius 3 is 1.94 bits per heavy atom. The predicted molar refractivity (Wildman–Crippen MR) is 75.2 cm³/mol. The molecule has 18 heavy (non-hydrogen) atoms. The van der Waals surface area contributed by atoms with Gasteiger partial charge in [-0.1, -0.05) is 13.8 Å². The van der Waals surface area contributed by atoms with Crippen LogP contribution in [0.3, 0.4) is 0 Å². The molecule has 0 saturated heterocycles. The molecule has 0 heterocycles. The molecule has 0 amide bonds. The SMILES string of the molecule is CC(C)C(C)Nc1ccc(S(=O)(=O)N(C)C)cc1. The van der Waals surface area contributed by atoms with Gasteiger partial charge in [-0.3, -0.25) is 0 Å². The van der Waals surface area contributed by atoms with Gasteiger partial charge in [0.2, 0.25) is 10.0 Å². The highest BCUT2D eigenvalue weighted by Crippen LogP contribution is 2.18. The van der Waals surface area contributed by atoms with Crippen LogP contribution in [0.25, 0.3) is 0 Å². The summed E-state index contributed by atoms with van der Waals surface area (Å²) in [6.45, 7) is 6.39. The second kappa shape index (κ2) is 5.71. The van der Waals surface area contributed by atoms with Gasteiger partial charge < -0.3 is 5.32 Å².